The van der Waals surface area contributed by atoms with Crippen molar-refractivity contribution < 1.29 is 4.74 Å². The van der Waals surface area contributed by atoms with Gasteiger partial charge in [-0.05, 0) is 45.6 Å². The van der Waals surface area contributed by atoms with Crippen LogP contribution in [0.5, 0.6) is 0 Å². The van der Waals surface area contributed by atoms with Gasteiger partial charge in [0.05, 0.1) is 6.26 Å². The van der Waals surface area contributed by atoms with Crippen molar-refractivity contribution >= 4 is 0 Å². The highest BCUT2D eigenvalue weighted by Crippen LogP contribution is 2.20. The van der Waals surface area contributed by atoms with Crippen molar-refractivity contribution in [2.75, 3.05) is 6.54 Å². The van der Waals surface area contributed by atoms with E-state index in [4.69, 9.17) is 4.74 Å². The van der Waals surface area contributed by atoms with E-state index in [-0.39, 0.29) is 0 Å². The van der Waals surface area contributed by atoms with Gasteiger partial charge in [-0.2, -0.15) is 0 Å². The Labute approximate surface area is 98.8 Å². The molecule has 0 aromatic rings. The van der Waals surface area contributed by atoms with Gasteiger partial charge in [-0.3, -0.25) is 5.43 Å². The first kappa shape index (κ1) is 11.9. The molecule has 0 aromatic heterocycles. The molecule has 3 atom stereocenters. The number of nitrogens with one attached hydrogen (secondary N) is 1. The number of nitrogens with zero attached hydrogens (tertiary/aromatic N) is 1. The second-order valence-corrected chi connectivity index (χ2v) is 5.11. The zero-order chi connectivity index (χ0) is 11.4. The van der Waals surface area contributed by atoms with Crippen LogP contribution in [0.15, 0.2) is 12.3 Å². The Morgan fingerprint density at radius 3 is 2.62 bits per heavy atom. The molecule has 0 amide bonds. The van der Waals surface area contributed by atoms with Crippen LogP contribution < -0.4 is 5.43 Å². The van der Waals surface area contributed by atoms with Gasteiger partial charge in [0.1, 0.15) is 6.10 Å². The number of hydrogen-bond donors (Lipinski definition) is 1. The topological polar surface area (TPSA) is 24.5 Å². The SMILES string of the molecule is CC1CCCC(C)N1NCC1CCC=CO1. The van der Waals surface area contributed by atoms with E-state index in [1.165, 1.54) is 19.3 Å². The third kappa shape index (κ3) is 2.98. The van der Waals surface area contributed by atoms with E-state index in [1.807, 2.05) is 6.26 Å². The molecule has 2 aliphatic rings. The Bertz CT molecular complexity index is 232. The summed E-state index contributed by atoms with van der Waals surface area (Å²) in [4.78, 5) is 0. The maximum absolute atomic E-state index is 5.57. The van der Waals surface area contributed by atoms with Gasteiger partial charge in [0.2, 0.25) is 0 Å². The van der Waals surface area contributed by atoms with Crippen LogP contribution in [0.2, 0.25) is 0 Å². The monoisotopic (exact) mass is 224 g/mol. The summed E-state index contributed by atoms with van der Waals surface area (Å²) in [6, 6.07) is 1.31. The summed E-state index contributed by atoms with van der Waals surface area (Å²) in [5.41, 5.74) is 3.57. The Hall–Kier alpha value is -0.540. The molecule has 0 aliphatic carbocycles. The van der Waals surface area contributed by atoms with Gasteiger partial charge in [-0.15, -0.1) is 0 Å². The van der Waals surface area contributed by atoms with E-state index in [0.717, 1.165) is 19.4 Å². The fourth-order valence-corrected chi connectivity index (χ4v) is 2.68. The van der Waals surface area contributed by atoms with Crippen molar-refractivity contribution in [1.29, 1.82) is 0 Å². The summed E-state index contributed by atoms with van der Waals surface area (Å²) < 4.78 is 5.57. The summed E-state index contributed by atoms with van der Waals surface area (Å²) in [7, 11) is 0. The van der Waals surface area contributed by atoms with Crippen LogP contribution in [0.1, 0.15) is 46.0 Å². The molecular weight excluding hydrogens is 200 g/mol. The maximum Gasteiger partial charge on any atom is 0.112 e. The van der Waals surface area contributed by atoms with Crippen LogP contribution in [0, 0.1) is 0 Å². The molecule has 0 bridgehead atoms. The number of hydrogen-bond acceptors (Lipinski definition) is 3. The van der Waals surface area contributed by atoms with E-state index in [9.17, 15) is 0 Å². The van der Waals surface area contributed by atoms with Crippen molar-refractivity contribution in [3.63, 3.8) is 0 Å². The highest BCUT2D eigenvalue weighted by Gasteiger charge is 2.25. The van der Waals surface area contributed by atoms with E-state index >= 15 is 0 Å². The number of ether oxygens (including phenoxy) is 1. The van der Waals surface area contributed by atoms with Crippen molar-refractivity contribution in [1.82, 2.24) is 10.4 Å². The molecule has 3 heteroatoms. The average molecular weight is 224 g/mol. The number of rotatable bonds is 3. The van der Waals surface area contributed by atoms with Crippen LogP contribution in [0.25, 0.3) is 0 Å². The first-order chi connectivity index (χ1) is 7.77. The minimum absolute atomic E-state index is 0.353. The van der Waals surface area contributed by atoms with Crippen LogP contribution in [0.4, 0.5) is 0 Å². The number of hydrazine groups is 1. The quantitative estimate of drug-likeness (QED) is 0.797. The second-order valence-electron chi connectivity index (χ2n) is 5.11. The summed E-state index contributed by atoms with van der Waals surface area (Å²) in [6.07, 6.45) is 10.6. The van der Waals surface area contributed by atoms with E-state index in [1.54, 1.807) is 0 Å². The Kier molecular flexibility index (Phi) is 4.24. The predicted octanol–water partition coefficient (Wildman–Crippen LogP) is 2.45. The molecule has 0 spiro atoms. The molecule has 3 unspecified atom stereocenters. The minimum Gasteiger partial charge on any atom is -0.497 e. The molecule has 2 aliphatic heterocycles. The van der Waals surface area contributed by atoms with Crippen LogP contribution in [-0.2, 0) is 4.74 Å². The second kappa shape index (κ2) is 5.69. The highest BCUT2D eigenvalue weighted by molar-refractivity contribution is 4.84. The zero-order valence-electron chi connectivity index (χ0n) is 10.5. The largest absolute Gasteiger partial charge is 0.497 e. The fourth-order valence-electron chi connectivity index (χ4n) is 2.68. The van der Waals surface area contributed by atoms with Gasteiger partial charge in [-0.25, -0.2) is 5.01 Å². The summed E-state index contributed by atoms with van der Waals surface area (Å²) in [6.45, 7) is 5.56. The van der Waals surface area contributed by atoms with Gasteiger partial charge in [0.15, 0.2) is 0 Å². The minimum atomic E-state index is 0.353. The molecule has 92 valence electrons. The lowest BCUT2D eigenvalue weighted by Crippen LogP contribution is -2.54. The van der Waals surface area contributed by atoms with Gasteiger partial charge >= 0.3 is 0 Å². The van der Waals surface area contributed by atoms with E-state index in [2.05, 4.69) is 30.4 Å². The molecule has 3 nitrogen and oxygen atoms in total. The van der Waals surface area contributed by atoms with Gasteiger partial charge in [-0.1, -0.05) is 6.42 Å². The summed E-state index contributed by atoms with van der Waals surface area (Å²) >= 11 is 0. The third-order valence-electron chi connectivity index (χ3n) is 3.72. The first-order valence-electron chi connectivity index (χ1n) is 6.59. The van der Waals surface area contributed by atoms with Gasteiger partial charge in [0, 0.05) is 18.6 Å². The van der Waals surface area contributed by atoms with E-state index < -0.39 is 0 Å². The Morgan fingerprint density at radius 2 is 2.00 bits per heavy atom. The third-order valence-corrected chi connectivity index (χ3v) is 3.72. The molecule has 2 rings (SSSR count). The van der Waals surface area contributed by atoms with Crippen molar-refractivity contribution in [2.24, 2.45) is 0 Å². The summed E-state index contributed by atoms with van der Waals surface area (Å²) in [5, 5.41) is 2.42. The smallest absolute Gasteiger partial charge is 0.112 e. The lowest BCUT2D eigenvalue weighted by molar-refractivity contribution is 0.0196. The van der Waals surface area contributed by atoms with Crippen molar-refractivity contribution in [3.8, 4) is 0 Å². The van der Waals surface area contributed by atoms with Gasteiger partial charge < -0.3 is 4.74 Å². The predicted molar refractivity (Wildman–Crippen MR) is 65.9 cm³/mol. The van der Waals surface area contributed by atoms with Crippen LogP contribution in [-0.4, -0.2) is 29.7 Å². The van der Waals surface area contributed by atoms with Crippen molar-refractivity contribution in [3.05, 3.63) is 12.3 Å². The fraction of sp³-hybridized carbons (Fsp3) is 0.846. The Morgan fingerprint density at radius 1 is 1.25 bits per heavy atom. The van der Waals surface area contributed by atoms with Crippen molar-refractivity contribution in [2.45, 2.75) is 64.1 Å². The molecule has 0 aromatic carbocycles. The molecule has 16 heavy (non-hydrogen) atoms. The first-order valence-corrected chi connectivity index (χ1v) is 6.59. The number of allylic oxidation sites excluding steroid dienone is 1. The molecule has 0 saturated carbocycles. The standard InChI is InChI=1S/C13H24N2O/c1-11-6-5-7-12(2)15(11)14-10-13-8-3-4-9-16-13/h4,9,11-14H,3,5-8,10H2,1-2H3. The molecular formula is C13H24N2O. The lowest BCUT2D eigenvalue weighted by atomic mass is 10.00. The normalized spacial score (nSPS) is 36.0. The lowest BCUT2D eigenvalue weighted by Gasteiger charge is -2.40. The molecule has 1 fully saturated rings. The zero-order valence-corrected chi connectivity index (χ0v) is 10.5. The van der Waals surface area contributed by atoms with Crippen LogP contribution in [0.3, 0.4) is 0 Å². The molecule has 1 N–H and O–H groups in total. The van der Waals surface area contributed by atoms with Gasteiger partial charge in [0.25, 0.3) is 0 Å². The van der Waals surface area contributed by atoms with Crippen LogP contribution >= 0.6 is 0 Å². The molecule has 0 radical (unpaired) electrons. The van der Waals surface area contributed by atoms with E-state index in [0.29, 0.717) is 18.2 Å². The maximum atomic E-state index is 5.57. The average Bonchev–Trinajstić information content (AvgIpc) is 2.30. The summed E-state index contributed by atoms with van der Waals surface area (Å²) in [5.74, 6) is 0. The highest BCUT2D eigenvalue weighted by atomic mass is 16.5. The number of piperidine rings is 1. The Balaban J connectivity index is 1.77. The molecule has 1 saturated heterocycles. The molecule has 2 heterocycles.